The molecule has 0 amide bonds. The molecule has 0 aliphatic heterocycles. The van der Waals surface area contributed by atoms with Crippen molar-refractivity contribution in [2.45, 2.75) is 34.1 Å². The lowest BCUT2D eigenvalue weighted by molar-refractivity contribution is 0.439. The molecular formula is C14H20ClN3S. The van der Waals surface area contributed by atoms with Gasteiger partial charge in [0.25, 0.3) is 0 Å². The van der Waals surface area contributed by atoms with Crippen molar-refractivity contribution in [2.24, 2.45) is 11.8 Å². The summed E-state index contributed by atoms with van der Waals surface area (Å²) in [4.78, 5) is 10.9. The highest BCUT2D eigenvalue weighted by Gasteiger charge is 2.12. The molecule has 104 valence electrons. The molecule has 0 fully saturated rings. The summed E-state index contributed by atoms with van der Waals surface area (Å²) in [6, 6.07) is 2.17. The highest BCUT2D eigenvalue weighted by atomic mass is 35.5. The van der Waals surface area contributed by atoms with Gasteiger partial charge >= 0.3 is 0 Å². The third-order valence-corrected chi connectivity index (χ3v) is 4.84. The molecule has 1 atom stereocenters. The summed E-state index contributed by atoms with van der Waals surface area (Å²) in [6.45, 7) is 9.75. The number of nitrogens with one attached hydrogen (secondary N) is 1. The minimum Gasteiger partial charge on any atom is -0.369 e. The Morgan fingerprint density at radius 3 is 2.68 bits per heavy atom. The van der Waals surface area contributed by atoms with Gasteiger partial charge in [-0.2, -0.15) is 0 Å². The van der Waals surface area contributed by atoms with E-state index in [0.717, 1.165) is 29.0 Å². The summed E-state index contributed by atoms with van der Waals surface area (Å²) in [5, 5.41) is 4.82. The molecule has 0 aliphatic carbocycles. The summed E-state index contributed by atoms with van der Waals surface area (Å²) in [7, 11) is 0. The van der Waals surface area contributed by atoms with E-state index in [1.54, 1.807) is 11.3 Å². The van der Waals surface area contributed by atoms with E-state index in [4.69, 9.17) is 11.6 Å². The molecular weight excluding hydrogens is 278 g/mol. The summed E-state index contributed by atoms with van der Waals surface area (Å²) >= 11 is 7.69. The molecule has 5 heteroatoms. The lowest BCUT2D eigenvalue weighted by atomic mass is 9.98. The van der Waals surface area contributed by atoms with Gasteiger partial charge in [-0.25, -0.2) is 9.97 Å². The van der Waals surface area contributed by atoms with Crippen LogP contribution in [-0.2, 0) is 6.42 Å². The summed E-state index contributed by atoms with van der Waals surface area (Å²) in [6.07, 6.45) is 1.01. The first-order chi connectivity index (χ1) is 9.01. The molecule has 2 rings (SSSR count). The van der Waals surface area contributed by atoms with Gasteiger partial charge in [0.15, 0.2) is 0 Å². The van der Waals surface area contributed by atoms with Crippen molar-refractivity contribution in [1.29, 1.82) is 0 Å². The van der Waals surface area contributed by atoms with Crippen LogP contribution in [-0.4, -0.2) is 16.5 Å². The second-order valence-electron chi connectivity index (χ2n) is 5.23. The van der Waals surface area contributed by atoms with Gasteiger partial charge in [-0.3, -0.25) is 0 Å². The van der Waals surface area contributed by atoms with Gasteiger partial charge in [-0.05, 0) is 35.9 Å². The van der Waals surface area contributed by atoms with E-state index in [2.05, 4.69) is 49.0 Å². The lowest BCUT2D eigenvalue weighted by Crippen LogP contribution is -2.17. The van der Waals surface area contributed by atoms with E-state index >= 15 is 0 Å². The highest BCUT2D eigenvalue weighted by Crippen LogP contribution is 2.30. The molecule has 1 unspecified atom stereocenters. The van der Waals surface area contributed by atoms with Crippen molar-refractivity contribution in [2.75, 3.05) is 11.9 Å². The molecule has 0 aromatic carbocycles. The molecule has 0 bridgehead atoms. The van der Waals surface area contributed by atoms with E-state index in [1.807, 2.05) is 0 Å². The second-order valence-corrected chi connectivity index (χ2v) is 6.68. The number of hydrogen-bond donors (Lipinski definition) is 1. The third kappa shape index (κ3) is 3.37. The van der Waals surface area contributed by atoms with E-state index in [0.29, 0.717) is 17.1 Å². The fraction of sp³-hybridized carbons (Fsp3) is 0.571. The average molecular weight is 298 g/mol. The van der Waals surface area contributed by atoms with Gasteiger partial charge in [-0.15, -0.1) is 11.3 Å². The van der Waals surface area contributed by atoms with Gasteiger partial charge in [0, 0.05) is 11.4 Å². The SMILES string of the molecule is CCc1cc2c(NCC(C)C(C)C)nc(Cl)nc2s1. The Bertz CT molecular complexity index is 565. The summed E-state index contributed by atoms with van der Waals surface area (Å²) in [5.41, 5.74) is 0. The van der Waals surface area contributed by atoms with Crippen molar-refractivity contribution in [3.8, 4) is 0 Å². The van der Waals surface area contributed by atoms with Crippen LogP contribution in [0, 0.1) is 11.8 Å². The smallest absolute Gasteiger partial charge is 0.225 e. The maximum Gasteiger partial charge on any atom is 0.225 e. The van der Waals surface area contributed by atoms with Crippen molar-refractivity contribution in [1.82, 2.24) is 9.97 Å². The number of aryl methyl sites for hydroxylation is 1. The molecule has 2 aromatic rings. The Kier molecular flexibility index (Phi) is 4.63. The number of nitrogens with zero attached hydrogens (tertiary/aromatic N) is 2. The van der Waals surface area contributed by atoms with Crippen LogP contribution in [0.15, 0.2) is 6.07 Å². The van der Waals surface area contributed by atoms with Crippen molar-refractivity contribution < 1.29 is 0 Å². The van der Waals surface area contributed by atoms with Crippen LogP contribution in [0.4, 0.5) is 5.82 Å². The van der Waals surface area contributed by atoms with Crippen LogP contribution in [0.1, 0.15) is 32.6 Å². The summed E-state index contributed by atoms with van der Waals surface area (Å²) < 4.78 is 0. The Balaban J connectivity index is 2.28. The molecule has 3 nitrogen and oxygen atoms in total. The average Bonchev–Trinajstić information content (AvgIpc) is 2.78. The van der Waals surface area contributed by atoms with Gasteiger partial charge in [0.05, 0.1) is 5.39 Å². The van der Waals surface area contributed by atoms with E-state index in [9.17, 15) is 0 Å². The maximum absolute atomic E-state index is 6.00. The molecule has 1 N–H and O–H groups in total. The lowest BCUT2D eigenvalue weighted by Gasteiger charge is -2.16. The molecule has 2 aromatic heterocycles. The first kappa shape index (κ1) is 14.5. The number of hydrogen-bond acceptors (Lipinski definition) is 4. The topological polar surface area (TPSA) is 37.8 Å². The Morgan fingerprint density at radius 2 is 2.05 bits per heavy atom. The number of anilines is 1. The van der Waals surface area contributed by atoms with E-state index < -0.39 is 0 Å². The molecule has 0 saturated heterocycles. The van der Waals surface area contributed by atoms with E-state index in [1.165, 1.54) is 4.88 Å². The summed E-state index contributed by atoms with van der Waals surface area (Å²) in [5.74, 6) is 2.10. The van der Waals surface area contributed by atoms with Crippen LogP contribution < -0.4 is 5.32 Å². The van der Waals surface area contributed by atoms with Gasteiger partial charge < -0.3 is 5.32 Å². The predicted molar refractivity (Wildman–Crippen MR) is 84.3 cm³/mol. The van der Waals surface area contributed by atoms with E-state index in [-0.39, 0.29) is 0 Å². The number of halogens is 1. The van der Waals surface area contributed by atoms with Crippen LogP contribution in [0.2, 0.25) is 5.28 Å². The minimum atomic E-state index is 0.316. The Morgan fingerprint density at radius 1 is 1.32 bits per heavy atom. The predicted octanol–water partition coefficient (Wildman–Crippen LogP) is 4.61. The molecule has 2 heterocycles. The molecule has 0 radical (unpaired) electrons. The van der Waals surface area contributed by atoms with Crippen LogP contribution in [0.25, 0.3) is 10.2 Å². The third-order valence-electron chi connectivity index (χ3n) is 3.49. The number of fused-ring (bicyclic) bond motifs is 1. The molecule has 0 aliphatic rings. The zero-order valence-electron chi connectivity index (χ0n) is 11.8. The van der Waals surface area contributed by atoms with Gasteiger partial charge in [-0.1, -0.05) is 27.7 Å². The van der Waals surface area contributed by atoms with Crippen LogP contribution in [0.5, 0.6) is 0 Å². The minimum absolute atomic E-state index is 0.316. The van der Waals surface area contributed by atoms with Crippen molar-refractivity contribution in [3.63, 3.8) is 0 Å². The monoisotopic (exact) mass is 297 g/mol. The largest absolute Gasteiger partial charge is 0.369 e. The fourth-order valence-electron chi connectivity index (χ4n) is 1.75. The maximum atomic E-state index is 6.00. The van der Waals surface area contributed by atoms with Crippen LogP contribution in [0.3, 0.4) is 0 Å². The standard InChI is InChI=1S/C14H20ClN3S/c1-5-10-6-11-12(16-7-9(4)8(2)3)17-14(15)18-13(11)19-10/h6,8-9H,5,7H2,1-4H3,(H,16,17,18). The Hall–Kier alpha value is -0.870. The number of rotatable bonds is 5. The zero-order chi connectivity index (χ0) is 14.0. The molecule has 0 spiro atoms. The fourth-order valence-corrected chi connectivity index (χ4v) is 2.93. The molecule has 19 heavy (non-hydrogen) atoms. The number of thiophene rings is 1. The highest BCUT2D eigenvalue weighted by molar-refractivity contribution is 7.18. The number of aromatic nitrogens is 2. The second kappa shape index (κ2) is 6.06. The quantitative estimate of drug-likeness (QED) is 0.819. The van der Waals surface area contributed by atoms with Crippen LogP contribution >= 0.6 is 22.9 Å². The molecule has 0 saturated carbocycles. The van der Waals surface area contributed by atoms with Gasteiger partial charge in [0.2, 0.25) is 5.28 Å². The normalized spacial score (nSPS) is 13.2. The van der Waals surface area contributed by atoms with Crippen molar-refractivity contribution >= 4 is 39.0 Å². The Labute approximate surface area is 123 Å². The first-order valence-electron chi connectivity index (χ1n) is 6.71. The first-order valence-corrected chi connectivity index (χ1v) is 7.90. The zero-order valence-corrected chi connectivity index (χ0v) is 13.4. The van der Waals surface area contributed by atoms with Crippen molar-refractivity contribution in [3.05, 3.63) is 16.2 Å². The van der Waals surface area contributed by atoms with Gasteiger partial charge in [0.1, 0.15) is 10.6 Å².